The van der Waals surface area contributed by atoms with Gasteiger partial charge in [0.25, 0.3) is 0 Å². The zero-order valence-corrected chi connectivity index (χ0v) is 20.4. The molecular weight excluding hydrogens is 424 g/mol. The van der Waals surface area contributed by atoms with E-state index in [9.17, 15) is 24.6 Å². The molecule has 0 radical (unpaired) electrons. The summed E-state index contributed by atoms with van der Waals surface area (Å²) in [6.45, 7) is 11.0. The second-order valence-electron chi connectivity index (χ2n) is 12.0. The van der Waals surface area contributed by atoms with E-state index < -0.39 is 57.0 Å². The van der Waals surface area contributed by atoms with E-state index in [4.69, 9.17) is 9.47 Å². The number of esters is 2. The molecule has 0 spiro atoms. The topological polar surface area (TPSA) is 110 Å². The van der Waals surface area contributed by atoms with Gasteiger partial charge in [0.1, 0.15) is 11.9 Å². The Bertz CT molecular complexity index is 1070. The Morgan fingerprint density at radius 3 is 2.42 bits per heavy atom. The fraction of sp³-hybridized carbons (Fsp3) is 0.731. The van der Waals surface area contributed by atoms with Gasteiger partial charge >= 0.3 is 11.9 Å². The minimum Gasteiger partial charge on any atom is -0.511 e. The number of allylic oxidation sites excluding steroid dienone is 3. The number of ether oxygens (including phenoxy) is 2. The van der Waals surface area contributed by atoms with Gasteiger partial charge in [0.15, 0.2) is 11.2 Å². The number of aliphatic hydroxyl groups excluding tert-OH is 2. The standard InChI is InChI=1S/C26H34O7/c1-12-10-15-23(5,26(21(31)32-7)19(29)13(2)18(28)24(12,26)6)11-14-17-22(3,4)16(27)8-9-25(15,17)20(30)33-14/h10,14-17,27-28H,8-9,11H2,1-7H3. The van der Waals surface area contributed by atoms with E-state index in [0.717, 1.165) is 0 Å². The van der Waals surface area contributed by atoms with Gasteiger partial charge in [0, 0.05) is 22.8 Å². The van der Waals surface area contributed by atoms with E-state index in [1.165, 1.54) is 7.11 Å². The van der Waals surface area contributed by atoms with Crippen molar-refractivity contribution in [3.63, 3.8) is 0 Å². The molecule has 0 amide bonds. The number of carbonyl (C=O) groups excluding carboxylic acids is 3. The molecule has 5 aliphatic rings. The van der Waals surface area contributed by atoms with Crippen molar-refractivity contribution in [2.45, 2.75) is 73.0 Å². The summed E-state index contributed by atoms with van der Waals surface area (Å²) >= 11 is 0. The van der Waals surface area contributed by atoms with Crippen LogP contribution in [-0.4, -0.2) is 47.3 Å². The van der Waals surface area contributed by atoms with Crippen molar-refractivity contribution >= 4 is 17.7 Å². The van der Waals surface area contributed by atoms with E-state index in [1.807, 2.05) is 33.8 Å². The summed E-state index contributed by atoms with van der Waals surface area (Å²) in [6.07, 6.45) is 2.01. The van der Waals surface area contributed by atoms with Crippen LogP contribution in [0.5, 0.6) is 0 Å². The average molecular weight is 459 g/mol. The molecule has 8 unspecified atom stereocenters. The fourth-order valence-corrected chi connectivity index (χ4v) is 9.18. The molecule has 180 valence electrons. The van der Waals surface area contributed by atoms with Crippen LogP contribution < -0.4 is 0 Å². The maximum Gasteiger partial charge on any atom is 0.321 e. The molecule has 2 N–H and O–H groups in total. The van der Waals surface area contributed by atoms with Crippen LogP contribution in [0.1, 0.15) is 60.8 Å². The first-order chi connectivity index (χ1) is 15.2. The lowest BCUT2D eigenvalue weighted by atomic mass is 9.33. The van der Waals surface area contributed by atoms with Gasteiger partial charge in [-0.15, -0.1) is 0 Å². The smallest absolute Gasteiger partial charge is 0.321 e. The molecule has 0 aromatic carbocycles. The van der Waals surface area contributed by atoms with Crippen molar-refractivity contribution in [1.29, 1.82) is 0 Å². The predicted octanol–water partition coefficient (Wildman–Crippen LogP) is 3.26. The van der Waals surface area contributed by atoms with Gasteiger partial charge in [-0.2, -0.15) is 0 Å². The van der Waals surface area contributed by atoms with Crippen LogP contribution in [0.25, 0.3) is 0 Å². The Kier molecular flexibility index (Phi) is 4.18. The van der Waals surface area contributed by atoms with Crippen LogP contribution >= 0.6 is 0 Å². The molecule has 1 aliphatic heterocycles. The molecule has 1 heterocycles. The number of methoxy groups -OCH3 is 1. The SMILES string of the molecule is COC(=O)C12C(=O)C(C)=C(O)C1(C)C(C)=CC1C34CCC(O)C(C)(C)C3C(CC12C)OC4=O. The maximum atomic E-state index is 14.0. The molecular formula is C26H34O7. The van der Waals surface area contributed by atoms with Crippen LogP contribution in [0, 0.1) is 38.9 Å². The number of ketones is 1. The lowest BCUT2D eigenvalue weighted by molar-refractivity contribution is -0.212. The van der Waals surface area contributed by atoms with Gasteiger partial charge in [0.05, 0.1) is 24.0 Å². The highest BCUT2D eigenvalue weighted by Gasteiger charge is 2.84. The Labute approximate surface area is 194 Å². The van der Waals surface area contributed by atoms with Crippen LogP contribution in [0.15, 0.2) is 23.0 Å². The van der Waals surface area contributed by atoms with Crippen molar-refractivity contribution in [2.24, 2.45) is 38.9 Å². The second-order valence-corrected chi connectivity index (χ2v) is 12.0. The summed E-state index contributed by atoms with van der Waals surface area (Å²) in [5.74, 6) is -2.27. The molecule has 33 heavy (non-hydrogen) atoms. The van der Waals surface area contributed by atoms with Crippen molar-refractivity contribution in [3.05, 3.63) is 23.0 Å². The van der Waals surface area contributed by atoms with Gasteiger partial charge in [-0.1, -0.05) is 32.4 Å². The van der Waals surface area contributed by atoms with E-state index in [1.54, 1.807) is 13.8 Å². The van der Waals surface area contributed by atoms with Crippen molar-refractivity contribution < 1.29 is 34.1 Å². The third-order valence-electron chi connectivity index (χ3n) is 10.7. The molecule has 7 nitrogen and oxygen atoms in total. The van der Waals surface area contributed by atoms with Gasteiger partial charge in [0.2, 0.25) is 0 Å². The Hall–Kier alpha value is -2.15. The first kappa shape index (κ1) is 22.6. The Balaban J connectivity index is 1.86. The van der Waals surface area contributed by atoms with Crippen LogP contribution in [-0.2, 0) is 23.9 Å². The summed E-state index contributed by atoms with van der Waals surface area (Å²) in [5.41, 5.74) is -4.73. The van der Waals surface area contributed by atoms with Crippen LogP contribution in [0.3, 0.4) is 0 Å². The van der Waals surface area contributed by atoms with Gasteiger partial charge < -0.3 is 19.7 Å². The molecule has 3 fully saturated rings. The van der Waals surface area contributed by atoms with Crippen molar-refractivity contribution in [3.8, 4) is 0 Å². The first-order valence-electron chi connectivity index (χ1n) is 11.8. The minimum atomic E-state index is -1.71. The molecule has 5 rings (SSSR count). The quantitative estimate of drug-likeness (QED) is 0.353. The van der Waals surface area contributed by atoms with Crippen molar-refractivity contribution in [2.75, 3.05) is 7.11 Å². The molecule has 2 saturated carbocycles. The zero-order valence-electron chi connectivity index (χ0n) is 20.4. The number of hydrogen-bond donors (Lipinski definition) is 2. The largest absolute Gasteiger partial charge is 0.511 e. The molecule has 2 bridgehead atoms. The summed E-state index contributed by atoms with van der Waals surface area (Å²) in [6, 6.07) is 0. The van der Waals surface area contributed by atoms with Gasteiger partial charge in [-0.05, 0) is 45.4 Å². The number of Topliss-reactive ketones (excluding diaryl/α,β-unsaturated/α-hetero) is 1. The fourth-order valence-electron chi connectivity index (χ4n) is 9.18. The third kappa shape index (κ3) is 1.95. The van der Waals surface area contributed by atoms with Crippen LogP contribution in [0.4, 0.5) is 0 Å². The summed E-state index contributed by atoms with van der Waals surface area (Å²) in [7, 11) is 1.27. The minimum absolute atomic E-state index is 0.107. The van der Waals surface area contributed by atoms with Gasteiger partial charge in [-0.3, -0.25) is 14.4 Å². The summed E-state index contributed by atoms with van der Waals surface area (Å²) in [5, 5.41) is 22.1. The Morgan fingerprint density at radius 1 is 1.18 bits per heavy atom. The Morgan fingerprint density at radius 2 is 1.82 bits per heavy atom. The van der Waals surface area contributed by atoms with E-state index in [0.29, 0.717) is 18.4 Å². The van der Waals surface area contributed by atoms with Crippen molar-refractivity contribution in [1.82, 2.24) is 0 Å². The summed E-state index contributed by atoms with van der Waals surface area (Å²) < 4.78 is 11.3. The maximum absolute atomic E-state index is 14.0. The molecule has 0 aromatic heterocycles. The second kappa shape index (κ2) is 6.09. The van der Waals surface area contributed by atoms with Gasteiger partial charge in [-0.25, -0.2) is 0 Å². The molecule has 7 heteroatoms. The number of fused-ring (bicyclic) bond motifs is 3. The number of carbonyl (C=O) groups is 3. The highest BCUT2D eigenvalue weighted by molar-refractivity contribution is 6.17. The molecule has 0 aromatic rings. The first-order valence-corrected chi connectivity index (χ1v) is 11.8. The number of aliphatic hydroxyl groups is 2. The zero-order chi connectivity index (χ0) is 24.5. The number of rotatable bonds is 1. The molecule has 8 atom stereocenters. The molecule has 4 aliphatic carbocycles. The van der Waals surface area contributed by atoms with E-state index >= 15 is 0 Å². The lowest BCUT2D eigenvalue weighted by Crippen LogP contribution is -2.71. The highest BCUT2D eigenvalue weighted by atomic mass is 16.6. The summed E-state index contributed by atoms with van der Waals surface area (Å²) in [4.78, 5) is 41.4. The highest BCUT2D eigenvalue weighted by Crippen LogP contribution is 2.78. The van der Waals surface area contributed by atoms with E-state index in [-0.39, 0.29) is 29.6 Å². The monoisotopic (exact) mass is 458 g/mol. The average Bonchev–Trinajstić information content (AvgIpc) is 3.08. The lowest BCUT2D eigenvalue weighted by Gasteiger charge is -2.66. The normalized spacial score (nSPS) is 49.6. The molecule has 1 saturated heterocycles. The predicted molar refractivity (Wildman–Crippen MR) is 118 cm³/mol. The van der Waals surface area contributed by atoms with Crippen LogP contribution in [0.2, 0.25) is 0 Å². The van der Waals surface area contributed by atoms with E-state index in [2.05, 4.69) is 0 Å². The third-order valence-corrected chi connectivity index (χ3v) is 10.7. The number of hydrogen-bond acceptors (Lipinski definition) is 7.